The molecule has 0 bridgehead atoms. The molecule has 6 heteroatoms. The normalized spacial score (nSPS) is 12.1. The van der Waals surface area contributed by atoms with Crippen LogP contribution in [-0.2, 0) is 28.6 Å². The van der Waals surface area contributed by atoms with E-state index in [4.69, 9.17) is 14.2 Å². The minimum absolute atomic E-state index is 0.0650. The average Bonchev–Trinajstić information content (AvgIpc) is 3.14. The van der Waals surface area contributed by atoms with Crippen molar-refractivity contribution in [2.75, 3.05) is 13.2 Å². The molecule has 54 heavy (non-hydrogen) atoms. The molecule has 0 unspecified atom stereocenters. The molecular weight excluding hydrogens is 673 g/mol. The van der Waals surface area contributed by atoms with Gasteiger partial charge in [-0.3, -0.25) is 14.4 Å². The van der Waals surface area contributed by atoms with Crippen molar-refractivity contribution in [2.45, 2.75) is 265 Å². The van der Waals surface area contributed by atoms with Crippen LogP contribution in [0.3, 0.4) is 0 Å². The summed E-state index contributed by atoms with van der Waals surface area (Å²) in [6, 6.07) is 0. The summed E-state index contributed by atoms with van der Waals surface area (Å²) in [6.07, 6.45) is 39.5. The van der Waals surface area contributed by atoms with Crippen LogP contribution < -0.4 is 0 Å². The highest BCUT2D eigenvalue weighted by Gasteiger charge is 2.19. The second-order valence-electron chi connectivity index (χ2n) is 17.3. The molecule has 0 spiro atoms. The standard InChI is InChI=1S/C48H92O6/c1-6-7-8-9-10-11-12-15-18-23-28-33-38-46(49)52-41-45(54-48(51)40-35-30-25-20-22-27-32-37-44(4)5)42-53-47(50)39-34-29-24-19-16-13-14-17-21-26-31-36-43(2)3/h43-45H,6-42H2,1-5H3/t45-/m0/s1. The van der Waals surface area contributed by atoms with Gasteiger partial charge in [-0.05, 0) is 31.1 Å². The summed E-state index contributed by atoms with van der Waals surface area (Å²) in [5.41, 5.74) is 0. The van der Waals surface area contributed by atoms with Gasteiger partial charge in [0.25, 0.3) is 0 Å². The molecule has 0 aromatic heterocycles. The SMILES string of the molecule is CCCCCCCCCCCCCCC(=O)OC[C@@H](COC(=O)CCCCCCCCCCCCCC(C)C)OC(=O)CCCCCCCCCC(C)C. The van der Waals surface area contributed by atoms with Crippen LogP contribution in [-0.4, -0.2) is 37.2 Å². The number of carbonyl (C=O) groups excluding carboxylic acids is 3. The highest BCUT2D eigenvalue weighted by Crippen LogP contribution is 2.17. The largest absolute Gasteiger partial charge is 0.462 e. The Morgan fingerprint density at radius 3 is 0.907 bits per heavy atom. The summed E-state index contributed by atoms with van der Waals surface area (Å²) in [5.74, 6) is 0.747. The number of rotatable bonds is 42. The lowest BCUT2D eigenvalue weighted by Gasteiger charge is -2.18. The molecule has 0 aliphatic heterocycles. The number of hydrogen-bond donors (Lipinski definition) is 0. The molecule has 0 heterocycles. The Hall–Kier alpha value is -1.59. The lowest BCUT2D eigenvalue weighted by Crippen LogP contribution is -2.30. The third-order valence-electron chi connectivity index (χ3n) is 10.7. The van der Waals surface area contributed by atoms with Crippen LogP contribution in [0.5, 0.6) is 0 Å². The summed E-state index contributed by atoms with van der Waals surface area (Å²) in [5, 5.41) is 0. The highest BCUT2D eigenvalue weighted by atomic mass is 16.6. The molecule has 320 valence electrons. The quantitative estimate of drug-likeness (QED) is 0.0350. The first-order chi connectivity index (χ1) is 26.2. The molecule has 0 aromatic rings. The molecule has 0 radical (unpaired) electrons. The van der Waals surface area contributed by atoms with E-state index in [-0.39, 0.29) is 31.1 Å². The van der Waals surface area contributed by atoms with Crippen molar-refractivity contribution >= 4 is 17.9 Å². The number of hydrogen-bond acceptors (Lipinski definition) is 6. The minimum atomic E-state index is -0.761. The van der Waals surface area contributed by atoms with Crippen molar-refractivity contribution in [3.8, 4) is 0 Å². The molecule has 0 amide bonds. The first-order valence-electron chi connectivity index (χ1n) is 23.7. The molecule has 0 aliphatic rings. The Morgan fingerprint density at radius 2 is 0.611 bits per heavy atom. The van der Waals surface area contributed by atoms with Gasteiger partial charge in [-0.2, -0.15) is 0 Å². The van der Waals surface area contributed by atoms with Crippen molar-refractivity contribution in [3.63, 3.8) is 0 Å². The van der Waals surface area contributed by atoms with Gasteiger partial charge in [0, 0.05) is 19.3 Å². The van der Waals surface area contributed by atoms with Crippen LogP contribution >= 0.6 is 0 Å². The maximum Gasteiger partial charge on any atom is 0.306 e. The van der Waals surface area contributed by atoms with Crippen LogP contribution in [0.1, 0.15) is 259 Å². The van der Waals surface area contributed by atoms with Gasteiger partial charge in [0.15, 0.2) is 6.10 Å². The van der Waals surface area contributed by atoms with E-state index in [2.05, 4.69) is 34.6 Å². The number of ether oxygens (including phenoxy) is 3. The predicted molar refractivity (Wildman–Crippen MR) is 229 cm³/mol. The molecule has 1 atom stereocenters. The van der Waals surface area contributed by atoms with Gasteiger partial charge in [-0.15, -0.1) is 0 Å². The van der Waals surface area contributed by atoms with Crippen molar-refractivity contribution in [1.82, 2.24) is 0 Å². The first kappa shape index (κ1) is 52.4. The molecule has 0 saturated carbocycles. The van der Waals surface area contributed by atoms with E-state index < -0.39 is 6.10 Å². The molecule has 0 fully saturated rings. The monoisotopic (exact) mass is 765 g/mol. The van der Waals surface area contributed by atoms with Crippen LogP contribution in [0.2, 0.25) is 0 Å². The zero-order chi connectivity index (χ0) is 39.7. The van der Waals surface area contributed by atoms with Gasteiger partial charge in [0.05, 0.1) is 0 Å². The molecule has 0 rings (SSSR count). The molecule has 0 N–H and O–H groups in total. The van der Waals surface area contributed by atoms with Crippen LogP contribution in [0, 0.1) is 11.8 Å². The smallest absolute Gasteiger partial charge is 0.306 e. The summed E-state index contributed by atoms with van der Waals surface area (Å²) >= 11 is 0. The van der Waals surface area contributed by atoms with Gasteiger partial charge >= 0.3 is 17.9 Å². The zero-order valence-electron chi connectivity index (χ0n) is 36.8. The molecule has 6 nitrogen and oxygen atoms in total. The van der Waals surface area contributed by atoms with E-state index in [9.17, 15) is 14.4 Å². The van der Waals surface area contributed by atoms with Gasteiger partial charge in [0.1, 0.15) is 13.2 Å². The van der Waals surface area contributed by atoms with Crippen LogP contribution in [0.25, 0.3) is 0 Å². The van der Waals surface area contributed by atoms with Gasteiger partial charge in [0.2, 0.25) is 0 Å². The zero-order valence-corrected chi connectivity index (χ0v) is 36.8. The second-order valence-corrected chi connectivity index (χ2v) is 17.3. The van der Waals surface area contributed by atoms with Crippen molar-refractivity contribution < 1.29 is 28.6 Å². The predicted octanol–water partition coefficient (Wildman–Crippen LogP) is 15.0. The van der Waals surface area contributed by atoms with Crippen LogP contribution in [0.4, 0.5) is 0 Å². The lowest BCUT2D eigenvalue weighted by atomic mass is 10.0. The van der Waals surface area contributed by atoms with E-state index in [0.717, 1.165) is 69.6 Å². The topological polar surface area (TPSA) is 78.9 Å². The highest BCUT2D eigenvalue weighted by molar-refractivity contribution is 5.71. The van der Waals surface area contributed by atoms with Crippen LogP contribution in [0.15, 0.2) is 0 Å². The van der Waals surface area contributed by atoms with E-state index in [1.54, 1.807) is 0 Å². The van der Waals surface area contributed by atoms with Crippen molar-refractivity contribution in [3.05, 3.63) is 0 Å². The summed E-state index contributed by atoms with van der Waals surface area (Å²) in [6.45, 7) is 11.3. The Balaban J connectivity index is 4.31. The van der Waals surface area contributed by atoms with Crippen molar-refractivity contribution in [2.24, 2.45) is 11.8 Å². The summed E-state index contributed by atoms with van der Waals surface area (Å²) in [7, 11) is 0. The average molecular weight is 765 g/mol. The third kappa shape index (κ3) is 41.6. The summed E-state index contributed by atoms with van der Waals surface area (Å²) in [4.78, 5) is 37.7. The molecule has 0 aromatic carbocycles. The number of esters is 3. The van der Waals surface area contributed by atoms with Gasteiger partial charge in [-0.25, -0.2) is 0 Å². The fraction of sp³-hybridized carbons (Fsp3) is 0.938. The molecule has 0 saturated heterocycles. The Morgan fingerprint density at radius 1 is 0.352 bits per heavy atom. The Labute approximate surface area is 336 Å². The fourth-order valence-electron chi connectivity index (χ4n) is 7.11. The number of unbranched alkanes of at least 4 members (excludes halogenated alkanes) is 27. The van der Waals surface area contributed by atoms with E-state index in [0.29, 0.717) is 19.3 Å². The molecule has 0 aliphatic carbocycles. The van der Waals surface area contributed by atoms with Gasteiger partial charge in [-0.1, -0.05) is 221 Å². The molecular formula is C48H92O6. The third-order valence-corrected chi connectivity index (χ3v) is 10.7. The van der Waals surface area contributed by atoms with E-state index in [1.165, 1.54) is 148 Å². The Kier molecular flexibility index (Phi) is 39.8. The van der Waals surface area contributed by atoms with Gasteiger partial charge < -0.3 is 14.2 Å². The summed E-state index contributed by atoms with van der Waals surface area (Å²) < 4.78 is 16.7. The second kappa shape index (κ2) is 41.1. The Bertz CT molecular complexity index is 824. The fourth-order valence-corrected chi connectivity index (χ4v) is 7.11. The van der Waals surface area contributed by atoms with E-state index >= 15 is 0 Å². The van der Waals surface area contributed by atoms with E-state index in [1.807, 2.05) is 0 Å². The van der Waals surface area contributed by atoms with Crippen molar-refractivity contribution in [1.29, 1.82) is 0 Å². The maximum atomic E-state index is 12.7. The maximum absolute atomic E-state index is 12.7. The lowest BCUT2D eigenvalue weighted by molar-refractivity contribution is -0.167. The minimum Gasteiger partial charge on any atom is -0.462 e. The first-order valence-corrected chi connectivity index (χ1v) is 23.7. The number of carbonyl (C=O) groups is 3.